The zero-order valence-corrected chi connectivity index (χ0v) is 14.1. The minimum absolute atomic E-state index is 0.0382. The van der Waals surface area contributed by atoms with Crippen LogP contribution in [0.25, 0.3) is 0 Å². The topological polar surface area (TPSA) is 33.3 Å². The monoisotopic (exact) mass is 414 g/mol. The molecule has 3 nitrogen and oxygen atoms in total. The van der Waals surface area contributed by atoms with Crippen LogP contribution in [0.15, 0.2) is 42.5 Å². The van der Waals surface area contributed by atoms with Crippen molar-refractivity contribution < 1.29 is 31.1 Å². The van der Waals surface area contributed by atoms with E-state index in [1.54, 1.807) is 0 Å². The Morgan fingerprint density at radius 2 is 1.42 bits per heavy atom. The lowest BCUT2D eigenvalue weighted by Gasteiger charge is -2.14. The molecule has 0 bridgehead atoms. The van der Waals surface area contributed by atoms with Gasteiger partial charge < -0.3 is 15.4 Å². The first-order valence-corrected chi connectivity index (χ1v) is 7.53. The number of halogens is 7. The Morgan fingerprint density at radius 1 is 0.885 bits per heavy atom. The van der Waals surface area contributed by atoms with Crippen molar-refractivity contribution in [2.75, 3.05) is 10.6 Å². The van der Waals surface area contributed by atoms with Crippen LogP contribution < -0.4 is 15.4 Å². The van der Waals surface area contributed by atoms with Crippen LogP contribution in [0.2, 0.25) is 5.02 Å². The molecule has 0 aromatic heterocycles. The summed E-state index contributed by atoms with van der Waals surface area (Å²) in [5.41, 5.74) is -0.682. The zero-order valence-electron chi connectivity index (χ0n) is 12.5. The second kappa shape index (κ2) is 7.58. The van der Waals surface area contributed by atoms with E-state index in [-0.39, 0.29) is 10.8 Å². The van der Waals surface area contributed by atoms with E-state index < -0.39 is 28.9 Å². The Bertz CT molecular complexity index is 792. The molecule has 26 heavy (non-hydrogen) atoms. The molecule has 2 aromatic carbocycles. The number of thiocarbonyl (C=S) groups is 1. The first-order valence-electron chi connectivity index (χ1n) is 6.74. The van der Waals surface area contributed by atoms with Crippen molar-refractivity contribution >= 4 is 40.3 Å². The number of alkyl halides is 6. The van der Waals surface area contributed by atoms with Crippen LogP contribution in [0.4, 0.5) is 37.7 Å². The fourth-order valence-electron chi connectivity index (χ4n) is 1.85. The average Bonchev–Trinajstić information content (AvgIpc) is 2.48. The van der Waals surface area contributed by atoms with Gasteiger partial charge in [-0.2, -0.15) is 13.2 Å². The number of benzene rings is 2. The highest BCUT2D eigenvalue weighted by Gasteiger charge is 2.33. The molecule has 2 rings (SSSR count). The van der Waals surface area contributed by atoms with Crippen LogP contribution in [0.1, 0.15) is 5.56 Å². The summed E-state index contributed by atoms with van der Waals surface area (Å²) in [4.78, 5) is 0. The summed E-state index contributed by atoms with van der Waals surface area (Å²) in [6.07, 6.45) is -9.44. The summed E-state index contributed by atoms with van der Waals surface area (Å²) >= 11 is 10.5. The van der Waals surface area contributed by atoms with E-state index >= 15 is 0 Å². The lowest BCUT2D eigenvalue weighted by molar-refractivity contribution is -0.274. The molecule has 11 heteroatoms. The van der Waals surface area contributed by atoms with Gasteiger partial charge in [-0.3, -0.25) is 0 Å². The molecule has 0 aliphatic carbocycles. The van der Waals surface area contributed by atoms with Gasteiger partial charge in [0.15, 0.2) is 5.11 Å². The van der Waals surface area contributed by atoms with E-state index in [2.05, 4.69) is 15.4 Å². The molecule has 0 amide bonds. The molecular formula is C15H9ClF6N2OS. The summed E-state index contributed by atoms with van der Waals surface area (Å²) in [5.74, 6) is -0.422. The van der Waals surface area contributed by atoms with Crippen molar-refractivity contribution in [2.24, 2.45) is 0 Å². The minimum atomic E-state index is -4.81. The maximum absolute atomic E-state index is 12.8. The fourth-order valence-corrected chi connectivity index (χ4v) is 2.31. The Labute approximate surface area is 153 Å². The number of anilines is 2. The smallest absolute Gasteiger partial charge is 0.406 e. The normalized spacial score (nSPS) is 11.8. The fraction of sp³-hybridized carbons (Fsp3) is 0.133. The van der Waals surface area contributed by atoms with Crippen LogP contribution in [-0.4, -0.2) is 11.5 Å². The maximum atomic E-state index is 12.8. The van der Waals surface area contributed by atoms with Crippen molar-refractivity contribution in [1.29, 1.82) is 0 Å². The molecule has 0 radical (unpaired) electrons. The van der Waals surface area contributed by atoms with Gasteiger partial charge in [0.2, 0.25) is 0 Å². The van der Waals surface area contributed by atoms with Crippen molar-refractivity contribution in [2.45, 2.75) is 12.5 Å². The molecule has 2 N–H and O–H groups in total. The Kier molecular flexibility index (Phi) is 5.87. The molecule has 0 unspecified atom stereocenters. The standard InChI is InChI=1S/C15H9ClF6N2OS/c16-12-6-3-9(7-11(12)14(17,18)19)24-13(26)23-8-1-4-10(5-2-8)25-15(20,21)22/h1-7H,(H2,23,24,26). The molecular weight excluding hydrogens is 406 g/mol. The van der Waals surface area contributed by atoms with Crippen molar-refractivity contribution in [1.82, 2.24) is 0 Å². The summed E-state index contributed by atoms with van der Waals surface area (Å²) < 4.78 is 78.4. The maximum Gasteiger partial charge on any atom is 0.573 e. The molecule has 0 atom stereocenters. The zero-order chi connectivity index (χ0) is 19.5. The predicted molar refractivity (Wildman–Crippen MR) is 89.4 cm³/mol. The summed E-state index contributed by atoms with van der Waals surface area (Å²) in [7, 11) is 0. The lowest BCUT2D eigenvalue weighted by Crippen LogP contribution is -2.20. The SMILES string of the molecule is FC(F)(F)Oc1ccc(NC(=S)Nc2ccc(Cl)c(C(F)(F)F)c2)cc1. The van der Waals surface area contributed by atoms with E-state index in [4.69, 9.17) is 23.8 Å². The van der Waals surface area contributed by atoms with Crippen LogP contribution in [0.5, 0.6) is 5.75 Å². The molecule has 0 saturated heterocycles. The molecule has 0 heterocycles. The number of hydrogen-bond acceptors (Lipinski definition) is 2. The third kappa shape index (κ3) is 5.95. The van der Waals surface area contributed by atoms with E-state index in [1.807, 2.05) is 0 Å². The highest BCUT2D eigenvalue weighted by Crippen LogP contribution is 2.36. The van der Waals surface area contributed by atoms with Gasteiger partial charge in [0.25, 0.3) is 0 Å². The minimum Gasteiger partial charge on any atom is -0.406 e. The highest BCUT2D eigenvalue weighted by atomic mass is 35.5. The van der Waals surface area contributed by atoms with Crippen LogP contribution in [0.3, 0.4) is 0 Å². The average molecular weight is 415 g/mol. The van der Waals surface area contributed by atoms with Gasteiger partial charge in [-0.15, -0.1) is 13.2 Å². The van der Waals surface area contributed by atoms with Crippen LogP contribution in [0, 0.1) is 0 Å². The largest absolute Gasteiger partial charge is 0.573 e. The van der Waals surface area contributed by atoms with E-state index in [0.29, 0.717) is 5.69 Å². The molecule has 0 saturated carbocycles. The molecule has 0 spiro atoms. The number of ether oxygens (including phenoxy) is 1. The van der Waals surface area contributed by atoms with Crippen molar-refractivity contribution in [3.8, 4) is 5.75 Å². The van der Waals surface area contributed by atoms with Crippen molar-refractivity contribution in [3.05, 3.63) is 53.1 Å². The van der Waals surface area contributed by atoms with Gasteiger partial charge >= 0.3 is 12.5 Å². The van der Waals surface area contributed by atoms with Gasteiger partial charge in [-0.25, -0.2) is 0 Å². The van der Waals surface area contributed by atoms with Crippen LogP contribution in [-0.2, 0) is 6.18 Å². The molecule has 140 valence electrons. The first kappa shape index (κ1) is 20.1. The van der Waals surface area contributed by atoms with Gasteiger partial charge in [0.05, 0.1) is 10.6 Å². The quantitative estimate of drug-likeness (QED) is 0.472. The Balaban J connectivity index is 2.03. The van der Waals surface area contributed by atoms with Gasteiger partial charge in [0.1, 0.15) is 5.75 Å². The Morgan fingerprint density at radius 3 is 1.96 bits per heavy atom. The predicted octanol–water partition coefficient (Wildman–Crippen LogP) is 6.07. The van der Waals surface area contributed by atoms with Crippen LogP contribution >= 0.6 is 23.8 Å². The Hall–Kier alpha value is -2.20. The summed E-state index contributed by atoms with van der Waals surface area (Å²) in [5, 5.41) is 4.63. The molecule has 0 fully saturated rings. The van der Waals surface area contributed by atoms with E-state index in [0.717, 1.165) is 24.3 Å². The van der Waals surface area contributed by atoms with E-state index in [9.17, 15) is 26.3 Å². The van der Waals surface area contributed by atoms with E-state index in [1.165, 1.54) is 18.2 Å². The number of hydrogen-bond donors (Lipinski definition) is 2. The third-order valence-electron chi connectivity index (χ3n) is 2.88. The third-order valence-corrected chi connectivity index (χ3v) is 3.41. The molecule has 2 aromatic rings. The first-order chi connectivity index (χ1) is 11.9. The van der Waals surface area contributed by atoms with Gasteiger partial charge in [-0.05, 0) is 54.7 Å². The summed E-state index contributed by atoms with van der Waals surface area (Å²) in [6, 6.07) is 7.79. The van der Waals surface area contributed by atoms with Crippen molar-refractivity contribution in [3.63, 3.8) is 0 Å². The lowest BCUT2D eigenvalue weighted by atomic mass is 10.2. The second-order valence-corrected chi connectivity index (χ2v) is 5.66. The number of rotatable bonds is 3. The number of nitrogens with one attached hydrogen (secondary N) is 2. The summed E-state index contributed by atoms with van der Waals surface area (Å²) in [6.45, 7) is 0. The second-order valence-electron chi connectivity index (χ2n) is 4.84. The molecule has 0 aliphatic rings. The highest BCUT2D eigenvalue weighted by molar-refractivity contribution is 7.80. The molecule has 0 aliphatic heterocycles. The van der Waals surface area contributed by atoms with Gasteiger partial charge in [0, 0.05) is 11.4 Å². The van der Waals surface area contributed by atoms with Gasteiger partial charge in [-0.1, -0.05) is 11.6 Å².